The SMILES string of the molecule is C=C(NCCCC)N(Cc1ccccc1)Cc1ccc2ccccc2c1.CCCCCCC. The molecule has 0 aliphatic rings. The number of nitrogens with zero attached hydrogens (tertiary/aromatic N) is 1. The van der Waals surface area contributed by atoms with Crippen molar-refractivity contribution in [3.63, 3.8) is 0 Å². The van der Waals surface area contributed by atoms with Crippen molar-refractivity contribution in [3.05, 3.63) is 96.3 Å². The highest BCUT2D eigenvalue weighted by Gasteiger charge is 2.10. The maximum atomic E-state index is 4.30. The van der Waals surface area contributed by atoms with E-state index >= 15 is 0 Å². The number of nitrogens with one attached hydrogen (secondary N) is 1. The van der Waals surface area contributed by atoms with Gasteiger partial charge in [-0.3, -0.25) is 0 Å². The van der Waals surface area contributed by atoms with E-state index in [-0.39, 0.29) is 0 Å². The summed E-state index contributed by atoms with van der Waals surface area (Å²) in [5.41, 5.74) is 2.60. The van der Waals surface area contributed by atoms with Crippen molar-refractivity contribution in [2.45, 2.75) is 78.8 Å². The first kappa shape index (κ1) is 26.5. The Hall–Kier alpha value is -2.74. The molecule has 0 amide bonds. The Morgan fingerprint density at radius 1 is 0.667 bits per heavy atom. The lowest BCUT2D eigenvalue weighted by Crippen LogP contribution is -2.31. The summed E-state index contributed by atoms with van der Waals surface area (Å²) in [6.07, 6.45) is 9.35. The highest BCUT2D eigenvalue weighted by Crippen LogP contribution is 2.19. The lowest BCUT2D eigenvalue weighted by atomic mass is 10.1. The van der Waals surface area contributed by atoms with Gasteiger partial charge in [-0.25, -0.2) is 0 Å². The van der Waals surface area contributed by atoms with Crippen LogP contribution in [-0.4, -0.2) is 11.4 Å². The Bertz CT molecular complexity index is 912. The summed E-state index contributed by atoms with van der Waals surface area (Å²) in [4.78, 5) is 2.33. The molecule has 0 fully saturated rings. The third kappa shape index (κ3) is 10.2. The molecule has 2 heteroatoms. The Kier molecular flexibility index (Phi) is 12.8. The van der Waals surface area contributed by atoms with Crippen LogP contribution in [0.3, 0.4) is 0 Å². The van der Waals surface area contributed by atoms with E-state index in [9.17, 15) is 0 Å². The van der Waals surface area contributed by atoms with Crippen molar-refractivity contribution >= 4 is 10.8 Å². The van der Waals surface area contributed by atoms with Crippen LogP contribution < -0.4 is 5.32 Å². The van der Waals surface area contributed by atoms with Crippen LogP contribution in [0.25, 0.3) is 10.8 Å². The normalized spacial score (nSPS) is 10.4. The van der Waals surface area contributed by atoms with Gasteiger partial charge in [-0.2, -0.15) is 0 Å². The molecule has 0 unspecified atom stereocenters. The minimum atomic E-state index is 0.845. The first-order valence-electron chi connectivity index (χ1n) is 12.9. The molecular weight excluding hydrogens is 400 g/mol. The average molecular weight is 445 g/mol. The molecule has 0 bridgehead atoms. The summed E-state index contributed by atoms with van der Waals surface area (Å²) in [5.74, 6) is 0.996. The van der Waals surface area contributed by atoms with Gasteiger partial charge in [-0.1, -0.05) is 133 Å². The van der Waals surface area contributed by atoms with Crippen LogP contribution in [0.1, 0.15) is 76.8 Å². The van der Waals surface area contributed by atoms with Gasteiger partial charge in [0, 0.05) is 19.6 Å². The van der Waals surface area contributed by atoms with Gasteiger partial charge in [-0.15, -0.1) is 0 Å². The Balaban J connectivity index is 0.000000479. The second-order valence-corrected chi connectivity index (χ2v) is 8.81. The van der Waals surface area contributed by atoms with Crippen LogP contribution in [0, 0.1) is 0 Å². The summed E-state index contributed by atoms with van der Waals surface area (Å²) in [7, 11) is 0. The van der Waals surface area contributed by atoms with Gasteiger partial charge in [-0.05, 0) is 34.4 Å². The van der Waals surface area contributed by atoms with Crippen LogP contribution in [-0.2, 0) is 13.1 Å². The highest BCUT2D eigenvalue weighted by atomic mass is 15.2. The third-order valence-corrected chi connectivity index (χ3v) is 5.85. The van der Waals surface area contributed by atoms with Crippen molar-refractivity contribution in [1.29, 1.82) is 0 Å². The number of fused-ring (bicyclic) bond motifs is 1. The molecule has 0 aromatic heterocycles. The highest BCUT2D eigenvalue weighted by molar-refractivity contribution is 5.82. The monoisotopic (exact) mass is 444 g/mol. The summed E-state index contributed by atoms with van der Waals surface area (Å²) >= 11 is 0. The molecule has 0 atom stereocenters. The van der Waals surface area contributed by atoms with Crippen LogP contribution in [0.5, 0.6) is 0 Å². The van der Waals surface area contributed by atoms with E-state index in [2.05, 4.69) is 110 Å². The van der Waals surface area contributed by atoms with E-state index in [0.29, 0.717) is 0 Å². The largest absolute Gasteiger partial charge is 0.372 e. The van der Waals surface area contributed by atoms with E-state index in [4.69, 9.17) is 0 Å². The number of hydrogen-bond donors (Lipinski definition) is 1. The van der Waals surface area contributed by atoms with E-state index in [0.717, 1.165) is 31.9 Å². The third-order valence-electron chi connectivity index (χ3n) is 5.85. The molecule has 3 aromatic rings. The second-order valence-electron chi connectivity index (χ2n) is 8.81. The first-order valence-corrected chi connectivity index (χ1v) is 12.9. The lowest BCUT2D eigenvalue weighted by molar-refractivity contribution is 0.305. The van der Waals surface area contributed by atoms with Crippen LogP contribution in [0.4, 0.5) is 0 Å². The average Bonchev–Trinajstić information content (AvgIpc) is 2.85. The molecule has 1 N–H and O–H groups in total. The molecule has 2 nitrogen and oxygen atoms in total. The zero-order valence-corrected chi connectivity index (χ0v) is 21.2. The summed E-state index contributed by atoms with van der Waals surface area (Å²) in [6.45, 7) is 13.7. The van der Waals surface area contributed by atoms with Crippen LogP contribution in [0.2, 0.25) is 0 Å². The van der Waals surface area contributed by atoms with Crippen molar-refractivity contribution in [3.8, 4) is 0 Å². The lowest BCUT2D eigenvalue weighted by Gasteiger charge is -2.28. The van der Waals surface area contributed by atoms with Gasteiger partial charge in [0.1, 0.15) is 0 Å². The number of hydrogen-bond acceptors (Lipinski definition) is 2. The molecule has 0 saturated heterocycles. The molecule has 3 rings (SSSR count). The van der Waals surface area contributed by atoms with Crippen LogP contribution in [0.15, 0.2) is 85.2 Å². The Labute approximate surface area is 202 Å². The van der Waals surface area contributed by atoms with Crippen molar-refractivity contribution in [2.24, 2.45) is 0 Å². The zero-order valence-electron chi connectivity index (χ0n) is 21.2. The Morgan fingerprint density at radius 2 is 1.27 bits per heavy atom. The standard InChI is InChI=1S/C24H28N2.C7H16/c1-3-4-16-25-20(2)26(18-21-10-6-5-7-11-21)19-22-14-15-23-12-8-9-13-24(23)17-22;1-3-5-7-6-4-2/h5-15,17,25H,2-4,16,18-19H2,1H3;3-7H2,1-2H3. The van der Waals surface area contributed by atoms with Gasteiger partial charge in [0.25, 0.3) is 0 Å². The van der Waals surface area contributed by atoms with Gasteiger partial charge >= 0.3 is 0 Å². The van der Waals surface area contributed by atoms with Crippen molar-refractivity contribution in [2.75, 3.05) is 6.54 Å². The number of benzene rings is 3. The van der Waals surface area contributed by atoms with E-state index in [1.807, 2.05) is 0 Å². The molecule has 0 aliphatic carbocycles. The Morgan fingerprint density at radius 3 is 1.94 bits per heavy atom. The fraction of sp³-hybridized carbons (Fsp3) is 0.419. The minimum absolute atomic E-state index is 0.845. The van der Waals surface area contributed by atoms with Gasteiger partial charge < -0.3 is 10.2 Å². The van der Waals surface area contributed by atoms with E-state index in [1.165, 1.54) is 60.4 Å². The number of unbranched alkanes of at least 4 members (excludes halogenated alkanes) is 5. The topological polar surface area (TPSA) is 15.3 Å². The van der Waals surface area contributed by atoms with Gasteiger partial charge in [0.2, 0.25) is 0 Å². The zero-order chi connectivity index (χ0) is 23.7. The minimum Gasteiger partial charge on any atom is -0.372 e. The summed E-state index contributed by atoms with van der Waals surface area (Å²) < 4.78 is 0. The molecule has 178 valence electrons. The van der Waals surface area contributed by atoms with Crippen molar-refractivity contribution in [1.82, 2.24) is 10.2 Å². The van der Waals surface area contributed by atoms with E-state index < -0.39 is 0 Å². The maximum absolute atomic E-state index is 4.30. The fourth-order valence-electron chi connectivity index (χ4n) is 3.81. The van der Waals surface area contributed by atoms with Crippen LogP contribution >= 0.6 is 0 Å². The molecule has 0 spiro atoms. The molecule has 33 heavy (non-hydrogen) atoms. The molecule has 3 aromatic carbocycles. The molecular formula is C31H44N2. The molecule has 0 saturated carbocycles. The summed E-state index contributed by atoms with van der Waals surface area (Å²) in [5, 5.41) is 6.06. The summed E-state index contributed by atoms with van der Waals surface area (Å²) in [6, 6.07) is 25.8. The number of rotatable bonds is 13. The molecule has 0 aliphatic heterocycles. The van der Waals surface area contributed by atoms with Gasteiger partial charge in [0.15, 0.2) is 0 Å². The quantitative estimate of drug-likeness (QED) is 0.265. The smallest absolute Gasteiger partial charge is 0.0944 e. The van der Waals surface area contributed by atoms with E-state index in [1.54, 1.807) is 0 Å². The second kappa shape index (κ2) is 16.0. The predicted molar refractivity (Wildman–Crippen MR) is 146 cm³/mol. The maximum Gasteiger partial charge on any atom is 0.0944 e. The molecule has 0 radical (unpaired) electrons. The van der Waals surface area contributed by atoms with Gasteiger partial charge in [0.05, 0.1) is 5.82 Å². The fourth-order valence-corrected chi connectivity index (χ4v) is 3.81. The van der Waals surface area contributed by atoms with Crippen molar-refractivity contribution < 1.29 is 0 Å². The predicted octanol–water partition coefficient (Wildman–Crippen LogP) is 8.68. The molecule has 0 heterocycles. The first-order chi connectivity index (χ1) is 16.2.